The average molecular weight is 489 g/mol. The van der Waals surface area contributed by atoms with Crippen LogP contribution in [0, 0.1) is 0 Å². The number of hydrogen-bond donors (Lipinski definition) is 0. The number of fused-ring (bicyclic) bond motifs is 1. The van der Waals surface area contributed by atoms with Crippen molar-refractivity contribution in [3.8, 4) is 11.4 Å². The van der Waals surface area contributed by atoms with E-state index in [1.807, 2.05) is 23.1 Å². The van der Waals surface area contributed by atoms with E-state index < -0.39 is 5.54 Å². The van der Waals surface area contributed by atoms with Gasteiger partial charge in [-0.05, 0) is 32.3 Å². The predicted molar refractivity (Wildman–Crippen MR) is 133 cm³/mol. The van der Waals surface area contributed by atoms with Crippen LogP contribution in [-0.2, 0) is 11.3 Å². The molecule has 4 heterocycles. The highest BCUT2D eigenvalue weighted by Crippen LogP contribution is 2.39. The van der Waals surface area contributed by atoms with Crippen molar-refractivity contribution in [2.45, 2.75) is 38.3 Å². The van der Waals surface area contributed by atoms with Crippen molar-refractivity contribution in [2.75, 3.05) is 31.1 Å². The lowest BCUT2D eigenvalue weighted by Gasteiger charge is -2.51. The SMILES string of the molecule is CCOC(=O)N1CCC2(CC1)CCn1c(nc(-c3ccncn3)cc1=O)N2CC(=O)c1ccccc1. The Labute approximate surface area is 208 Å². The Morgan fingerprint density at radius 1 is 1.03 bits per heavy atom. The number of ketones is 1. The minimum Gasteiger partial charge on any atom is -0.450 e. The zero-order valence-electron chi connectivity index (χ0n) is 20.2. The van der Waals surface area contributed by atoms with Gasteiger partial charge in [-0.2, -0.15) is 0 Å². The number of carbonyl (C=O) groups excluding carboxylic acids is 2. The minimum absolute atomic E-state index is 0.0575. The molecule has 3 aromatic rings. The van der Waals surface area contributed by atoms with Gasteiger partial charge in [0.05, 0.1) is 24.5 Å². The molecule has 1 spiro atoms. The molecule has 1 saturated heterocycles. The van der Waals surface area contributed by atoms with Gasteiger partial charge >= 0.3 is 6.09 Å². The molecule has 5 rings (SSSR count). The van der Waals surface area contributed by atoms with Crippen LogP contribution in [0.1, 0.15) is 36.5 Å². The second-order valence-electron chi connectivity index (χ2n) is 9.06. The van der Waals surface area contributed by atoms with Gasteiger partial charge in [0.2, 0.25) is 5.95 Å². The third-order valence-corrected chi connectivity index (χ3v) is 7.06. The summed E-state index contributed by atoms with van der Waals surface area (Å²) < 4.78 is 6.82. The van der Waals surface area contributed by atoms with E-state index in [0.29, 0.717) is 68.4 Å². The summed E-state index contributed by atoms with van der Waals surface area (Å²) in [5.41, 5.74) is 0.966. The molecule has 1 fully saturated rings. The number of aromatic nitrogens is 4. The van der Waals surface area contributed by atoms with Crippen LogP contribution in [0.2, 0.25) is 0 Å². The molecule has 0 atom stereocenters. The van der Waals surface area contributed by atoms with E-state index in [0.717, 1.165) is 0 Å². The van der Waals surface area contributed by atoms with Crippen LogP contribution < -0.4 is 10.5 Å². The lowest BCUT2D eigenvalue weighted by atomic mass is 9.81. The number of benzene rings is 1. The van der Waals surface area contributed by atoms with Crippen molar-refractivity contribution < 1.29 is 14.3 Å². The smallest absolute Gasteiger partial charge is 0.409 e. The molecule has 0 N–H and O–H groups in total. The van der Waals surface area contributed by atoms with Gasteiger partial charge in [-0.25, -0.2) is 19.7 Å². The summed E-state index contributed by atoms with van der Waals surface area (Å²) in [6.07, 6.45) is 4.65. The van der Waals surface area contributed by atoms with Crippen LogP contribution in [-0.4, -0.2) is 68.1 Å². The number of hydrogen-bond acceptors (Lipinski definition) is 8. The molecule has 0 radical (unpaired) electrons. The highest BCUT2D eigenvalue weighted by atomic mass is 16.6. The normalized spacial score (nSPS) is 16.5. The van der Waals surface area contributed by atoms with Crippen LogP contribution in [0.15, 0.2) is 59.8 Å². The molecule has 10 nitrogen and oxygen atoms in total. The maximum Gasteiger partial charge on any atom is 0.409 e. The van der Waals surface area contributed by atoms with Crippen molar-refractivity contribution in [3.63, 3.8) is 0 Å². The first-order valence-electron chi connectivity index (χ1n) is 12.2. The summed E-state index contributed by atoms with van der Waals surface area (Å²) in [6.45, 7) is 3.68. The molecular weight excluding hydrogens is 460 g/mol. The molecule has 0 bridgehead atoms. The quantitative estimate of drug-likeness (QED) is 0.504. The first-order chi connectivity index (χ1) is 17.5. The van der Waals surface area contributed by atoms with E-state index in [4.69, 9.17) is 9.72 Å². The largest absolute Gasteiger partial charge is 0.450 e. The van der Waals surface area contributed by atoms with Gasteiger partial charge in [-0.15, -0.1) is 0 Å². The van der Waals surface area contributed by atoms with Crippen LogP contribution in [0.3, 0.4) is 0 Å². The molecular formula is C26H28N6O4. The zero-order chi connectivity index (χ0) is 25.1. The second-order valence-corrected chi connectivity index (χ2v) is 9.06. The third kappa shape index (κ3) is 4.46. The highest BCUT2D eigenvalue weighted by Gasteiger charge is 2.46. The number of Topliss-reactive ketones (excluding diaryl/α,β-unsaturated/α-hetero) is 1. The van der Waals surface area contributed by atoms with Crippen molar-refractivity contribution in [2.24, 2.45) is 0 Å². The topological polar surface area (TPSA) is 111 Å². The van der Waals surface area contributed by atoms with E-state index in [1.165, 1.54) is 12.4 Å². The van der Waals surface area contributed by atoms with Crippen LogP contribution in [0.4, 0.5) is 10.7 Å². The van der Waals surface area contributed by atoms with Crippen LogP contribution >= 0.6 is 0 Å². The molecule has 2 aliphatic heterocycles. The minimum atomic E-state index is -0.419. The standard InChI is InChI=1S/C26H28N6O4/c1-2-36-25(35)30-13-9-26(10-14-30)11-15-31-23(34)16-21(20-8-12-27-18-28-20)29-24(31)32(26)17-22(33)19-6-4-3-5-7-19/h3-8,12,16,18H,2,9-11,13-15,17H2,1H3. The van der Waals surface area contributed by atoms with E-state index >= 15 is 0 Å². The molecule has 0 saturated carbocycles. The number of amides is 1. The van der Waals surface area contributed by atoms with Gasteiger partial charge in [-0.1, -0.05) is 30.3 Å². The maximum absolute atomic E-state index is 13.4. The summed E-state index contributed by atoms with van der Waals surface area (Å²) in [5, 5.41) is 0. The zero-order valence-corrected chi connectivity index (χ0v) is 20.2. The van der Waals surface area contributed by atoms with Crippen molar-refractivity contribution in [3.05, 3.63) is 70.9 Å². The second kappa shape index (κ2) is 9.88. The molecule has 0 unspecified atom stereocenters. The van der Waals surface area contributed by atoms with Gasteiger partial charge < -0.3 is 14.5 Å². The van der Waals surface area contributed by atoms with Gasteiger partial charge in [0.15, 0.2) is 5.78 Å². The number of carbonyl (C=O) groups is 2. The number of piperidine rings is 1. The first-order valence-corrected chi connectivity index (χ1v) is 12.2. The Morgan fingerprint density at radius 3 is 2.47 bits per heavy atom. The summed E-state index contributed by atoms with van der Waals surface area (Å²) in [7, 11) is 0. The van der Waals surface area contributed by atoms with Crippen molar-refractivity contribution in [1.29, 1.82) is 0 Å². The molecule has 1 amide bonds. The number of likely N-dealkylation sites (tertiary alicyclic amines) is 1. The summed E-state index contributed by atoms with van der Waals surface area (Å²) in [5.74, 6) is 0.397. The summed E-state index contributed by atoms with van der Waals surface area (Å²) in [6, 6.07) is 12.3. The number of nitrogens with zero attached hydrogens (tertiary/aromatic N) is 6. The Morgan fingerprint density at radius 2 is 1.78 bits per heavy atom. The van der Waals surface area contributed by atoms with Gasteiger partial charge in [0.25, 0.3) is 5.56 Å². The van der Waals surface area contributed by atoms with E-state index in [2.05, 4.69) is 9.97 Å². The first kappa shape index (κ1) is 23.7. The lowest BCUT2D eigenvalue weighted by Crippen LogP contribution is -2.61. The number of anilines is 1. The Balaban J connectivity index is 1.54. The van der Waals surface area contributed by atoms with E-state index in [1.54, 1.807) is 40.8 Å². The van der Waals surface area contributed by atoms with Crippen LogP contribution in [0.25, 0.3) is 11.4 Å². The molecule has 186 valence electrons. The number of ether oxygens (including phenoxy) is 1. The summed E-state index contributed by atoms with van der Waals surface area (Å²) in [4.78, 5) is 55.6. The fraction of sp³-hybridized carbons (Fsp3) is 0.385. The lowest BCUT2D eigenvalue weighted by molar-refractivity contribution is 0.0784. The maximum atomic E-state index is 13.4. The third-order valence-electron chi connectivity index (χ3n) is 7.06. The Hall–Kier alpha value is -4.08. The molecule has 36 heavy (non-hydrogen) atoms. The monoisotopic (exact) mass is 488 g/mol. The molecule has 1 aromatic carbocycles. The van der Waals surface area contributed by atoms with E-state index in [9.17, 15) is 14.4 Å². The molecule has 2 aliphatic rings. The van der Waals surface area contributed by atoms with E-state index in [-0.39, 0.29) is 24.0 Å². The van der Waals surface area contributed by atoms with Gasteiger partial charge in [0, 0.05) is 43.0 Å². The van der Waals surface area contributed by atoms with Crippen LogP contribution in [0.5, 0.6) is 0 Å². The van der Waals surface area contributed by atoms with Gasteiger partial charge in [0.1, 0.15) is 6.33 Å². The summed E-state index contributed by atoms with van der Waals surface area (Å²) >= 11 is 0. The predicted octanol–water partition coefficient (Wildman–Crippen LogP) is 2.78. The fourth-order valence-electron chi connectivity index (χ4n) is 5.09. The molecule has 2 aromatic heterocycles. The van der Waals surface area contributed by atoms with Gasteiger partial charge in [-0.3, -0.25) is 14.2 Å². The molecule has 10 heteroatoms. The average Bonchev–Trinajstić information content (AvgIpc) is 2.91. The Bertz CT molecular complexity index is 1300. The molecule has 0 aliphatic carbocycles. The van der Waals surface area contributed by atoms with Crippen molar-refractivity contribution in [1.82, 2.24) is 24.4 Å². The fourth-order valence-corrected chi connectivity index (χ4v) is 5.09. The highest BCUT2D eigenvalue weighted by molar-refractivity contribution is 5.99. The van der Waals surface area contributed by atoms with Crippen molar-refractivity contribution >= 4 is 17.8 Å². The Kier molecular flexibility index (Phi) is 6.49. The number of rotatable bonds is 5.